The summed E-state index contributed by atoms with van der Waals surface area (Å²) < 4.78 is 5.44. The number of nitrogens with zero attached hydrogens (tertiary/aromatic N) is 2. The molecule has 1 atom stereocenters. The van der Waals surface area contributed by atoms with Gasteiger partial charge in [0.25, 0.3) is 11.8 Å². The lowest BCUT2D eigenvalue weighted by atomic mass is 10.0. The molecule has 0 saturated carbocycles. The number of carbonyl (C=O) groups is 2. The van der Waals surface area contributed by atoms with E-state index in [1.54, 1.807) is 24.3 Å². The first-order chi connectivity index (χ1) is 13.6. The highest BCUT2D eigenvalue weighted by atomic mass is 32.2. The number of carbonyl (C=O) groups excluding carboxylic acids is 2. The van der Waals surface area contributed by atoms with Crippen molar-refractivity contribution < 1.29 is 14.3 Å². The fraction of sp³-hybridized carbons (Fsp3) is 0.286. The Morgan fingerprint density at radius 3 is 2.79 bits per heavy atom. The van der Waals surface area contributed by atoms with Crippen LogP contribution in [0.3, 0.4) is 0 Å². The van der Waals surface area contributed by atoms with Crippen LogP contribution in [0.15, 0.2) is 40.9 Å². The second-order valence-corrected chi connectivity index (χ2v) is 8.13. The molecular formula is C21H19N3O3S. The molecule has 2 amide bonds. The number of aryl methyl sites for hydroxylation is 2. The molecule has 142 valence electrons. The van der Waals surface area contributed by atoms with Crippen LogP contribution >= 0.6 is 11.8 Å². The van der Waals surface area contributed by atoms with Gasteiger partial charge in [-0.1, -0.05) is 11.8 Å². The van der Waals surface area contributed by atoms with Gasteiger partial charge >= 0.3 is 0 Å². The largest absolute Gasteiger partial charge is 0.494 e. The number of rotatable bonds is 3. The topological polar surface area (TPSA) is 85.5 Å². The molecule has 1 aromatic heterocycles. The van der Waals surface area contributed by atoms with Crippen LogP contribution in [-0.2, 0) is 22.4 Å². The summed E-state index contributed by atoms with van der Waals surface area (Å²) in [6, 6.07) is 9.01. The third-order valence-corrected chi connectivity index (χ3v) is 6.58. The summed E-state index contributed by atoms with van der Waals surface area (Å²) in [5.74, 6) is 0.0716. The fourth-order valence-electron chi connectivity index (χ4n) is 4.03. The molecule has 3 aliphatic rings. The lowest BCUT2D eigenvalue weighted by Gasteiger charge is -2.20. The van der Waals surface area contributed by atoms with Gasteiger partial charge < -0.3 is 10.5 Å². The van der Waals surface area contributed by atoms with Crippen LogP contribution in [-0.4, -0.2) is 28.7 Å². The maximum absolute atomic E-state index is 13.1. The zero-order chi connectivity index (χ0) is 19.4. The van der Waals surface area contributed by atoms with Crippen molar-refractivity contribution in [1.29, 1.82) is 0 Å². The zero-order valence-corrected chi connectivity index (χ0v) is 16.2. The maximum Gasteiger partial charge on any atom is 0.264 e. The predicted molar refractivity (Wildman–Crippen MR) is 107 cm³/mol. The minimum Gasteiger partial charge on any atom is -0.494 e. The Morgan fingerprint density at radius 1 is 1.25 bits per heavy atom. The lowest BCUT2D eigenvalue weighted by Crippen LogP contribution is -2.31. The second kappa shape index (κ2) is 6.38. The predicted octanol–water partition coefficient (Wildman–Crippen LogP) is 2.69. The molecule has 2 aliphatic heterocycles. The van der Waals surface area contributed by atoms with Crippen molar-refractivity contribution in [3.63, 3.8) is 0 Å². The Balaban J connectivity index is 1.55. The van der Waals surface area contributed by atoms with Gasteiger partial charge in [0.2, 0.25) is 0 Å². The van der Waals surface area contributed by atoms with E-state index in [4.69, 9.17) is 15.5 Å². The van der Waals surface area contributed by atoms with Crippen LogP contribution < -0.4 is 15.4 Å². The van der Waals surface area contributed by atoms with Crippen molar-refractivity contribution in [3.8, 4) is 5.75 Å². The molecule has 1 aromatic carbocycles. The number of ether oxygens (including phenoxy) is 1. The van der Waals surface area contributed by atoms with E-state index < -0.39 is 5.25 Å². The number of thioether (sulfide) groups is 1. The number of hydrogen-bond acceptors (Lipinski definition) is 6. The van der Waals surface area contributed by atoms with E-state index in [0.717, 1.165) is 35.5 Å². The first kappa shape index (κ1) is 17.3. The van der Waals surface area contributed by atoms with Crippen molar-refractivity contribution in [2.24, 2.45) is 5.73 Å². The molecule has 3 heterocycles. The van der Waals surface area contributed by atoms with Gasteiger partial charge in [-0.2, -0.15) is 0 Å². The molecule has 0 unspecified atom stereocenters. The van der Waals surface area contributed by atoms with E-state index in [9.17, 15) is 9.59 Å². The first-order valence-electron chi connectivity index (χ1n) is 9.39. The van der Waals surface area contributed by atoms with E-state index in [0.29, 0.717) is 29.3 Å². The Labute approximate surface area is 166 Å². The molecule has 0 radical (unpaired) electrons. The minimum absolute atomic E-state index is 0.273. The Bertz CT molecular complexity index is 1050. The van der Waals surface area contributed by atoms with Gasteiger partial charge in [-0.05, 0) is 62.1 Å². The lowest BCUT2D eigenvalue weighted by molar-refractivity contribution is -0.120. The first-order valence-corrected chi connectivity index (χ1v) is 10.3. The number of aromatic nitrogens is 1. The monoisotopic (exact) mass is 393 g/mol. The number of anilines is 1. The second-order valence-electron chi connectivity index (χ2n) is 7.03. The fourth-order valence-corrected chi connectivity index (χ4v) is 5.27. The molecule has 0 spiro atoms. The van der Waals surface area contributed by atoms with Crippen LogP contribution in [0.5, 0.6) is 5.75 Å². The number of fused-ring (bicyclic) bond motifs is 3. The van der Waals surface area contributed by atoms with Gasteiger partial charge in [0.05, 0.1) is 23.6 Å². The summed E-state index contributed by atoms with van der Waals surface area (Å²) in [7, 11) is 0. The van der Waals surface area contributed by atoms with Crippen molar-refractivity contribution in [2.45, 2.75) is 36.5 Å². The molecule has 2 aromatic rings. The summed E-state index contributed by atoms with van der Waals surface area (Å²) in [6.07, 6.45) is 3.02. The van der Waals surface area contributed by atoms with Crippen LogP contribution in [0.2, 0.25) is 0 Å². The Hall–Kier alpha value is -2.80. The molecular weight excluding hydrogens is 374 g/mol. The molecule has 7 heteroatoms. The molecule has 1 aliphatic carbocycles. The van der Waals surface area contributed by atoms with Gasteiger partial charge in [0.1, 0.15) is 16.0 Å². The Kier molecular flexibility index (Phi) is 3.94. The van der Waals surface area contributed by atoms with E-state index in [1.807, 2.05) is 13.0 Å². The average Bonchev–Trinajstić information content (AvgIpc) is 3.24. The number of pyridine rings is 1. The maximum atomic E-state index is 13.1. The van der Waals surface area contributed by atoms with E-state index in [2.05, 4.69) is 0 Å². The summed E-state index contributed by atoms with van der Waals surface area (Å²) in [6.45, 7) is 2.46. The van der Waals surface area contributed by atoms with Crippen LogP contribution in [0.1, 0.15) is 30.2 Å². The number of imide groups is 1. The molecule has 6 nitrogen and oxygen atoms in total. The van der Waals surface area contributed by atoms with Gasteiger partial charge in [0.15, 0.2) is 0 Å². The van der Waals surface area contributed by atoms with Gasteiger partial charge in [-0.3, -0.25) is 9.59 Å². The van der Waals surface area contributed by atoms with Crippen molar-refractivity contribution in [3.05, 3.63) is 52.7 Å². The van der Waals surface area contributed by atoms with Crippen molar-refractivity contribution in [1.82, 2.24) is 4.98 Å². The number of hydrogen-bond donors (Lipinski definition) is 1. The third-order valence-electron chi connectivity index (χ3n) is 5.37. The molecule has 0 bridgehead atoms. The van der Waals surface area contributed by atoms with E-state index in [-0.39, 0.29) is 11.8 Å². The zero-order valence-electron chi connectivity index (χ0n) is 15.4. The summed E-state index contributed by atoms with van der Waals surface area (Å²) in [5.41, 5.74) is 10.7. The molecule has 1 saturated heterocycles. The quantitative estimate of drug-likeness (QED) is 0.807. The molecule has 28 heavy (non-hydrogen) atoms. The van der Waals surface area contributed by atoms with Crippen LogP contribution in [0.4, 0.5) is 5.69 Å². The van der Waals surface area contributed by atoms with Crippen molar-refractivity contribution in [2.75, 3.05) is 11.5 Å². The van der Waals surface area contributed by atoms with Gasteiger partial charge in [-0.15, -0.1) is 0 Å². The highest BCUT2D eigenvalue weighted by molar-refractivity contribution is 8.01. The molecule has 5 rings (SSSR count). The smallest absolute Gasteiger partial charge is 0.264 e. The number of benzene rings is 1. The summed E-state index contributed by atoms with van der Waals surface area (Å²) in [5, 5.41) is 0.111. The Morgan fingerprint density at radius 2 is 2.04 bits per heavy atom. The average molecular weight is 393 g/mol. The van der Waals surface area contributed by atoms with Crippen LogP contribution in [0, 0.1) is 0 Å². The van der Waals surface area contributed by atoms with E-state index in [1.165, 1.54) is 22.2 Å². The normalized spacial score (nSPS) is 20.3. The summed E-state index contributed by atoms with van der Waals surface area (Å²) in [4.78, 5) is 32.2. The highest BCUT2D eigenvalue weighted by Gasteiger charge is 2.49. The molecule has 1 fully saturated rings. The standard InChI is InChI=1S/C21H19N3O3S/c1-2-27-13-8-6-12(7-9-13)24-20(25)16-17(22)14-10-11-4-3-5-15(11)23-19(14)28-18(16)21(24)26/h6-10,18H,2-5,22H2,1H3/t18-/m1/s1. The third kappa shape index (κ3) is 2.46. The molecule has 2 N–H and O–H groups in total. The van der Waals surface area contributed by atoms with Crippen LogP contribution in [0.25, 0.3) is 5.70 Å². The van der Waals surface area contributed by atoms with E-state index >= 15 is 0 Å². The van der Waals surface area contributed by atoms with Gasteiger partial charge in [0, 0.05) is 11.3 Å². The SMILES string of the molecule is CCOc1ccc(N2C(=O)C3=C(N)c4cc5c(nc4S[C@H]3C2=O)CCC5)cc1. The van der Waals surface area contributed by atoms with Crippen molar-refractivity contribution >= 4 is 35.0 Å². The van der Waals surface area contributed by atoms with Gasteiger partial charge in [-0.25, -0.2) is 9.88 Å². The number of amides is 2. The highest BCUT2D eigenvalue weighted by Crippen LogP contribution is 2.45. The number of nitrogens with two attached hydrogens (primary N) is 1. The summed E-state index contributed by atoms with van der Waals surface area (Å²) >= 11 is 1.33. The minimum atomic E-state index is -0.640.